The zero-order valence-electron chi connectivity index (χ0n) is 15.9. The SMILES string of the molecule is O=C(O)C(Cc1ccc(F)cc1)N1CON(c2cc(Cl)ccc2-n2cc(Cl)nn2)CO1. The van der Waals surface area contributed by atoms with Crippen LogP contribution in [-0.2, 0) is 20.9 Å². The largest absolute Gasteiger partial charge is 0.480 e. The number of hydroxylamine groups is 3. The minimum atomic E-state index is -1.10. The molecule has 1 atom stereocenters. The van der Waals surface area contributed by atoms with Crippen LogP contribution in [-0.4, -0.2) is 50.6 Å². The molecule has 0 radical (unpaired) electrons. The predicted molar refractivity (Wildman–Crippen MR) is 109 cm³/mol. The molecule has 1 aliphatic heterocycles. The fourth-order valence-electron chi connectivity index (χ4n) is 3.05. The zero-order valence-corrected chi connectivity index (χ0v) is 17.4. The van der Waals surface area contributed by atoms with Crippen LogP contribution in [0.2, 0.25) is 10.2 Å². The molecular weight excluding hydrogens is 452 g/mol. The summed E-state index contributed by atoms with van der Waals surface area (Å²) in [7, 11) is 0. The highest BCUT2D eigenvalue weighted by Crippen LogP contribution is 2.30. The molecule has 1 aromatic heterocycles. The summed E-state index contributed by atoms with van der Waals surface area (Å²) >= 11 is 12.0. The molecule has 0 saturated carbocycles. The summed E-state index contributed by atoms with van der Waals surface area (Å²) in [5, 5.41) is 20.7. The number of benzene rings is 2. The maximum atomic E-state index is 13.1. The monoisotopic (exact) mass is 467 g/mol. The Hall–Kier alpha value is -2.76. The minimum absolute atomic E-state index is 0.108. The van der Waals surface area contributed by atoms with Crippen molar-refractivity contribution in [3.05, 3.63) is 70.2 Å². The lowest BCUT2D eigenvalue weighted by molar-refractivity contribution is -0.282. The molecule has 12 heteroatoms. The number of hydrogen-bond donors (Lipinski definition) is 1. The third-order valence-electron chi connectivity index (χ3n) is 4.58. The Morgan fingerprint density at radius 1 is 1.13 bits per heavy atom. The second-order valence-electron chi connectivity index (χ2n) is 6.62. The van der Waals surface area contributed by atoms with Crippen molar-refractivity contribution in [1.29, 1.82) is 0 Å². The molecule has 2 heterocycles. The van der Waals surface area contributed by atoms with Gasteiger partial charge in [-0.25, -0.2) is 14.1 Å². The van der Waals surface area contributed by atoms with E-state index in [4.69, 9.17) is 32.9 Å². The van der Waals surface area contributed by atoms with Crippen molar-refractivity contribution in [1.82, 2.24) is 20.1 Å². The van der Waals surface area contributed by atoms with Gasteiger partial charge in [-0.1, -0.05) is 40.5 Å². The Kier molecular flexibility index (Phi) is 6.35. The Balaban J connectivity index is 1.49. The van der Waals surface area contributed by atoms with Crippen LogP contribution in [0.1, 0.15) is 5.56 Å². The smallest absolute Gasteiger partial charge is 0.323 e. The minimum Gasteiger partial charge on any atom is -0.480 e. The summed E-state index contributed by atoms with van der Waals surface area (Å²) in [5.41, 5.74) is 1.76. The fraction of sp³-hybridized carbons (Fsp3) is 0.211. The molecule has 31 heavy (non-hydrogen) atoms. The van der Waals surface area contributed by atoms with Crippen LogP contribution in [0.4, 0.5) is 10.1 Å². The average molecular weight is 468 g/mol. The summed E-state index contributed by atoms with van der Waals surface area (Å²) in [4.78, 5) is 23.2. The second kappa shape index (κ2) is 9.16. The number of carboxylic acids is 1. The van der Waals surface area contributed by atoms with E-state index in [1.54, 1.807) is 18.2 Å². The number of carboxylic acid groups (broad SMARTS) is 1. The maximum Gasteiger partial charge on any atom is 0.323 e. The lowest BCUT2D eigenvalue weighted by Crippen LogP contribution is -2.51. The number of halogens is 3. The van der Waals surface area contributed by atoms with Gasteiger partial charge in [0.05, 0.1) is 17.6 Å². The van der Waals surface area contributed by atoms with Crippen LogP contribution >= 0.6 is 23.2 Å². The van der Waals surface area contributed by atoms with Gasteiger partial charge in [0, 0.05) is 11.4 Å². The highest BCUT2D eigenvalue weighted by atomic mass is 35.5. The number of rotatable bonds is 6. The summed E-state index contributed by atoms with van der Waals surface area (Å²) in [6, 6.07) is 9.64. The zero-order chi connectivity index (χ0) is 22.0. The van der Waals surface area contributed by atoms with Crippen molar-refractivity contribution >= 4 is 34.9 Å². The van der Waals surface area contributed by atoms with Crippen LogP contribution < -0.4 is 5.06 Å². The van der Waals surface area contributed by atoms with Gasteiger partial charge in [-0.2, -0.15) is 0 Å². The van der Waals surface area contributed by atoms with Crippen LogP contribution in [0.15, 0.2) is 48.7 Å². The van der Waals surface area contributed by atoms with E-state index in [9.17, 15) is 14.3 Å². The Morgan fingerprint density at radius 2 is 1.90 bits per heavy atom. The molecule has 162 valence electrons. The maximum absolute atomic E-state index is 13.1. The normalized spacial score (nSPS) is 15.8. The number of aliphatic carboxylic acids is 1. The Morgan fingerprint density at radius 3 is 2.52 bits per heavy atom. The first kappa shape index (κ1) is 21.5. The summed E-state index contributed by atoms with van der Waals surface area (Å²) < 4.78 is 14.6. The second-order valence-corrected chi connectivity index (χ2v) is 7.44. The quantitative estimate of drug-likeness (QED) is 0.589. The van der Waals surface area contributed by atoms with Gasteiger partial charge in [0.25, 0.3) is 0 Å². The molecule has 1 saturated heterocycles. The van der Waals surface area contributed by atoms with Crippen molar-refractivity contribution in [2.75, 3.05) is 18.5 Å². The van der Waals surface area contributed by atoms with Crippen molar-refractivity contribution in [2.24, 2.45) is 0 Å². The lowest BCUT2D eigenvalue weighted by atomic mass is 10.1. The van der Waals surface area contributed by atoms with E-state index in [1.807, 2.05) is 0 Å². The van der Waals surface area contributed by atoms with Gasteiger partial charge in [0.15, 0.2) is 18.6 Å². The highest BCUT2D eigenvalue weighted by Gasteiger charge is 2.32. The van der Waals surface area contributed by atoms with E-state index in [2.05, 4.69) is 10.3 Å². The molecule has 0 aliphatic carbocycles. The molecule has 4 rings (SSSR count). The van der Waals surface area contributed by atoms with Gasteiger partial charge in [0.2, 0.25) is 0 Å². The molecule has 2 aromatic carbocycles. The third kappa shape index (κ3) is 4.94. The van der Waals surface area contributed by atoms with Crippen LogP contribution in [0, 0.1) is 5.82 Å². The van der Waals surface area contributed by atoms with Gasteiger partial charge in [0.1, 0.15) is 11.9 Å². The summed E-state index contributed by atoms with van der Waals surface area (Å²) in [5.74, 6) is -1.49. The summed E-state index contributed by atoms with van der Waals surface area (Å²) in [6.07, 6.45) is 1.63. The van der Waals surface area contributed by atoms with Crippen molar-refractivity contribution in [3.8, 4) is 5.69 Å². The lowest BCUT2D eigenvalue weighted by Gasteiger charge is -2.37. The average Bonchev–Trinajstić information content (AvgIpc) is 3.19. The molecule has 1 aliphatic rings. The Bertz CT molecular complexity index is 1070. The molecule has 0 bridgehead atoms. The predicted octanol–water partition coefficient (Wildman–Crippen LogP) is 3.31. The van der Waals surface area contributed by atoms with Crippen molar-refractivity contribution in [3.63, 3.8) is 0 Å². The van der Waals surface area contributed by atoms with Gasteiger partial charge < -0.3 is 5.11 Å². The standard InChI is InChI=1S/C19H16Cl2FN5O4/c20-13-3-6-15(25-9-18(21)23-24-25)16(8-13)26-10-31-27(11-30-26)17(19(28)29)7-12-1-4-14(22)5-2-12/h1-6,8-9,17H,7,10-11H2,(H,28,29). The van der Waals surface area contributed by atoms with Gasteiger partial charge in [-0.15, -0.1) is 10.2 Å². The van der Waals surface area contributed by atoms with Crippen molar-refractivity contribution in [2.45, 2.75) is 12.5 Å². The topological polar surface area (TPSA) is 93.0 Å². The van der Waals surface area contributed by atoms with Crippen LogP contribution in [0.3, 0.4) is 0 Å². The highest BCUT2D eigenvalue weighted by molar-refractivity contribution is 6.31. The molecule has 1 fully saturated rings. The molecule has 0 spiro atoms. The Labute approximate surface area is 186 Å². The van der Waals surface area contributed by atoms with Crippen LogP contribution in [0.5, 0.6) is 0 Å². The van der Waals surface area contributed by atoms with E-state index in [0.29, 0.717) is 22.0 Å². The van der Waals surface area contributed by atoms with Crippen LogP contribution in [0.25, 0.3) is 5.69 Å². The van der Waals surface area contributed by atoms with E-state index in [0.717, 1.165) is 0 Å². The molecule has 3 aromatic rings. The number of carbonyl (C=O) groups is 1. The van der Waals surface area contributed by atoms with Gasteiger partial charge >= 0.3 is 5.97 Å². The first-order chi connectivity index (χ1) is 14.9. The van der Waals surface area contributed by atoms with Gasteiger partial charge in [-0.05, 0) is 35.9 Å². The molecule has 9 nitrogen and oxygen atoms in total. The third-order valence-corrected chi connectivity index (χ3v) is 4.98. The van der Waals surface area contributed by atoms with E-state index < -0.39 is 17.8 Å². The number of anilines is 1. The van der Waals surface area contributed by atoms with E-state index in [1.165, 1.54) is 45.3 Å². The molecule has 1 unspecified atom stereocenters. The van der Waals surface area contributed by atoms with Crippen molar-refractivity contribution < 1.29 is 24.0 Å². The van der Waals surface area contributed by atoms with E-state index in [-0.39, 0.29) is 25.0 Å². The molecular formula is C19H16Cl2FN5O4. The first-order valence-corrected chi connectivity index (χ1v) is 9.81. The van der Waals surface area contributed by atoms with Gasteiger partial charge in [-0.3, -0.25) is 14.5 Å². The molecule has 1 N–H and O–H groups in total. The van der Waals surface area contributed by atoms with E-state index >= 15 is 0 Å². The first-order valence-electron chi connectivity index (χ1n) is 9.06. The molecule has 0 amide bonds. The fourth-order valence-corrected chi connectivity index (χ4v) is 3.35. The number of aromatic nitrogens is 3. The number of hydrogen-bond acceptors (Lipinski definition) is 7. The number of nitrogens with zero attached hydrogens (tertiary/aromatic N) is 5. The summed E-state index contributed by atoms with van der Waals surface area (Å²) in [6.45, 7) is -0.273.